The third-order valence-corrected chi connectivity index (χ3v) is 5.40. The SMILES string of the molecule is NCCCOC1CCN(C(=O)C2C3CCCCC32)CC1. The molecule has 2 N–H and O–H groups in total. The molecule has 1 saturated heterocycles. The van der Waals surface area contributed by atoms with Crippen molar-refractivity contribution in [3.8, 4) is 0 Å². The van der Waals surface area contributed by atoms with Gasteiger partial charge in [0.15, 0.2) is 0 Å². The first-order valence-corrected chi connectivity index (χ1v) is 8.41. The van der Waals surface area contributed by atoms with E-state index < -0.39 is 0 Å². The Morgan fingerprint density at radius 1 is 1.10 bits per heavy atom. The highest BCUT2D eigenvalue weighted by molar-refractivity contribution is 5.82. The number of nitrogens with zero attached hydrogens (tertiary/aromatic N) is 1. The molecule has 0 aromatic carbocycles. The van der Waals surface area contributed by atoms with Crippen molar-refractivity contribution in [2.24, 2.45) is 23.5 Å². The van der Waals surface area contributed by atoms with Crippen molar-refractivity contribution < 1.29 is 9.53 Å². The van der Waals surface area contributed by atoms with Gasteiger partial charge in [-0.3, -0.25) is 4.79 Å². The first-order valence-electron chi connectivity index (χ1n) is 8.41. The normalized spacial score (nSPS) is 33.9. The molecule has 0 radical (unpaired) electrons. The Bertz CT molecular complexity index is 327. The van der Waals surface area contributed by atoms with Crippen LogP contribution in [0.1, 0.15) is 44.9 Å². The third-order valence-electron chi connectivity index (χ3n) is 5.40. The van der Waals surface area contributed by atoms with Gasteiger partial charge in [0.2, 0.25) is 5.91 Å². The van der Waals surface area contributed by atoms with Crippen LogP contribution in [-0.4, -0.2) is 43.2 Å². The van der Waals surface area contributed by atoms with E-state index in [1.807, 2.05) is 0 Å². The number of amides is 1. The maximum Gasteiger partial charge on any atom is 0.226 e. The lowest BCUT2D eigenvalue weighted by molar-refractivity contribution is -0.135. The second-order valence-electron chi connectivity index (χ2n) is 6.68. The number of hydrogen-bond donors (Lipinski definition) is 1. The van der Waals surface area contributed by atoms with E-state index in [9.17, 15) is 4.79 Å². The highest BCUT2D eigenvalue weighted by atomic mass is 16.5. The predicted octanol–water partition coefficient (Wildman–Crippen LogP) is 1.78. The summed E-state index contributed by atoms with van der Waals surface area (Å²) >= 11 is 0. The van der Waals surface area contributed by atoms with Crippen LogP contribution in [0.4, 0.5) is 0 Å². The minimum absolute atomic E-state index is 0.340. The first kappa shape index (κ1) is 14.3. The highest BCUT2D eigenvalue weighted by Gasteiger charge is 2.55. The van der Waals surface area contributed by atoms with Gasteiger partial charge in [-0.15, -0.1) is 0 Å². The fraction of sp³-hybridized carbons (Fsp3) is 0.938. The van der Waals surface area contributed by atoms with Crippen LogP contribution in [-0.2, 0) is 9.53 Å². The van der Waals surface area contributed by atoms with Gasteiger partial charge in [-0.2, -0.15) is 0 Å². The molecule has 114 valence electrons. The molecule has 2 unspecified atom stereocenters. The average molecular weight is 280 g/mol. The number of piperidine rings is 1. The number of rotatable bonds is 5. The van der Waals surface area contributed by atoms with E-state index in [4.69, 9.17) is 10.5 Å². The molecule has 3 rings (SSSR count). The minimum atomic E-state index is 0.340. The van der Waals surface area contributed by atoms with Crippen LogP contribution in [0.3, 0.4) is 0 Å². The number of carbonyl (C=O) groups excluding carboxylic acids is 1. The molecule has 1 heterocycles. The van der Waals surface area contributed by atoms with Crippen LogP contribution in [0.2, 0.25) is 0 Å². The molecule has 1 amide bonds. The molecule has 2 saturated carbocycles. The number of likely N-dealkylation sites (tertiary alicyclic amines) is 1. The van der Waals surface area contributed by atoms with Gasteiger partial charge in [-0.25, -0.2) is 0 Å². The summed E-state index contributed by atoms with van der Waals surface area (Å²) in [6, 6.07) is 0. The summed E-state index contributed by atoms with van der Waals surface area (Å²) in [7, 11) is 0. The quantitative estimate of drug-likeness (QED) is 0.781. The molecule has 1 aliphatic heterocycles. The second-order valence-corrected chi connectivity index (χ2v) is 6.68. The Kier molecular flexibility index (Phi) is 4.61. The van der Waals surface area contributed by atoms with Gasteiger partial charge >= 0.3 is 0 Å². The summed E-state index contributed by atoms with van der Waals surface area (Å²) in [5.74, 6) is 2.29. The molecule has 3 fully saturated rings. The fourth-order valence-corrected chi connectivity index (χ4v) is 4.15. The average Bonchev–Trinajstić information content (AvgIpc) is 3.22. The van der Waals surface area contributed by atoms with Gasteiger partial charge in [0, 0.05) is 25.6 Å². The largest absolute Gasteiger partial charge is 0.378 e. The van der Waals surface area contributed by atoms with E-state index in [0.29, 0.717) is 24.5 Å². The van der Waals surface area contributed by atoms with Gasteiger partial charge < -0.3 is 15.4 Å². The van der Waals surface area contributed by atoms with Crippen molar-refractivity contribution in [3.63, 3.8) is 0 Å². The third kappa shape index (κ3) is 3.01. The molecule has 4 nitrogen and oxygen atoms in total. The topological polar surface area (TPSA) is 55.6 Å². The van der Waals surface area contributed by atoms with Gasteiger partial charge in [-0.1, -0.05) is 12.8 Å². The number of ether oxygens (including phenoxy) is 1. The summed E-state index contributed by atoms with van der Waals surface area (Å²) in [6.45, 7) is 3.24. The van der Waals surface area contributed by atoms with Crippen molar-refractivity contribution in [3.05, 3.63) is 0 Å². The fourth-order valence-electron chi connectivity index (χ4n) is 4.15. The number of carbonyl (C=O) groups is 1. The summed E-state index contributed by atoms with van der Waals surface area (Å²) in [4.78, 5) is 14.7. The van der Waals surface area contributed by atoms with Crippen molar-refractivity contribution in [2.45, 2.75) is 51.0 Å². The van der Waals surface area contributed by atoms with Gasteiger partial charge in [0.1, 0.15) is 0 Å². The smallest absolute Gasteiger partial charge is 0.226 e. The van der Waals surface area contributed by atoms with E-state index in [2.05, 4.69) is 4.90 Å². The zero-order chi connectivity index (χ0) is 13.9. The second kappa shape index (κ2) is 6.44. The molecule has 2 atom stereocenters. The maximum absolute atomic E-state index is 12.6. The molecule has 4 heteroatoms. The van der Waals surface area contributed by atoms with Crippen molar-refractivity contribution >= 4 is 5.91 Å². The van der Waals surface area contributed by atoms with Crippen LogP contribution in [0.15, 0.2) is 0 Å². The molecule has 0 bridgehead atoms. The number of fused-ring (bicyclic) bond motifs is 1. The van der Waals surface area contributed by atoms with E-state index in [1.165, 1.54) is 25.7 Å². The summed E-state index contributed by atoms with van der Waals surface area (Å²) in [5, 5.41) is 0. The Balaban J connectivity index is 1.41. The zero-order valence-corrected chi connectivity index (χ0v) is 12.4. The molecular formula is C16H28N2O2. The zero-order valence-electron chi connectivity index (χ0n) is 12.4. The van der Waals surface area contributed by atoms with E-state index in [-0.39, 0.29) is 0 Å². The lowest BCUT2D eigenvalue weighted by Crippen LogP contribution is -2.42. The molecule has 20 heavy (non-hydrogen) atoms. The van der Waals surface area contributed by atoms with Crippen LogP contribution in [0.5, 0.6) is 0 Å². The van der Waals surface area contributed by atoms with Crippen molar-refractivity contribution in [1.29, 1.82) is 0 Å². The Morgan fingerprint density at radius 2 is 1.75 bits per heavy atom. The number of hydrogen-bond acceptors (Lipinski definition) is 3. The summed E-state index contributed by atoms with van der Waals surface area (Å²) < 4.78 is 5.80. The van der Waals surface area contributed by atoms with Crippen LogP contribution in [0, 0.1) is 17.8 Å². The monoisotopic (exact) mass is 280 g/mol. The molecule has 2 aliphatic carbocycles. The summed E-state index contributed by atoms with van der Waals surface area (Å²) in [6.07, 6.45) is 8.53. The van der Waals surface area contributed by atoms with E-state index in [1.54, 1.807) is 0 Å². The van der Waals surface area contributed by atoms with Crippen LogP contribution < -0.4 is 5.73 Å². The van der Waals surface area contributed by atoms with Crippen molar-refractivity contribution in [2.75, 3.05) is 26.2 Å². The Hall–Kier alpha value is -0.610. The minimum Gasteiger partial charge on any atom is -0.378 e. The number of nitrogens with two attached hydrogens (primary N) is 1. The van der Waals surface area contributed by atoms with Gasteiger partial charge in [0.25, 0.3) is 0 Å². The maximum atomic E-state index is 12.6. The Morgan fingerprint density at radius 3 is 2.35 bits per heavy atom. The van der Waals surface area contributed by atoms with E-state index >= 15 is 0 Å². The summed E-state index contributed by atoms with van der Waals surface area (Å²) in [5.41, 5.74) is 5.47. The van der Waals surface area contributed by atoms with E-state index in [0.717, 1.165) is 50.8 Å². The molecule has 3 aliphatic rings. The molecule has 0 aromatic rings. The Labute approximate surface area is 122 Å². The highest BCUT2D eigenvalue weighted by Crippen LogP contribution is 2.56. The predicted molar refractivity (Wildman–Crippen MR) is 78.2 cm³/mol. The molecular weight excluding hydrogens is 252 g/mol. The van der Waals surface area contributed by atoms with Crippen LogP contribution >= 0.6 is 0 Å². The lowest BCUT2D eigenvalue weighted by Gasteiger charge is -2.32. The van der Waals surface area contributed by atoms with Crippen LogP contribution in [0.25, 0.3) is 0 Å². The van der Waals surface area contributed by atoms with Gasteiger partial charge in [0.05, 0.1) is 6.10 Å². The van der Waals surface area contributed by atoms with Gasteiger partial charge in [-0.05, 0) is 50.5 Å². The standard InChI is InChI=1S/C16H28N2O2/c17-8-3-11-20-12-6-9-18(10-7-12)16(19)15-13-4-1-2-5-14(13)15/h12-15H,1-11,17H2. The van der Waals surface area contributed by atoms with Crippen molar-refractivity contribution in [1.82, 2.24) is 4.90 Å². The molecule has 0 aromatic heterocycles. The first-order chi connectivity index (χ1) is 9.81. The lowest BCUT2D eigenvalue weighted by atomic mass is 10.0. The molecule has 0 spiro atoms.